The molecule has 0 aromatic heterocycles. The molecule has 0 radical (unpaired) electrons. The Morgan fingerprint density at radius 3 is 2.63 bits per heavy atom. The van der Waals surface area contributed by atoms with Gasteiger partial charge in [-0.15, -0.1) is 0 Å². The van der Waals surface area contributed by atoms with Crippen molar-refractivity contribution < 1.29 is 19.4 Å². The van der Waals surface area contributed by atoms with Crippen molar-refractivity contribution in [3.05, 3.63) is 35.4 Å². The van der Waals surface area contributed by atoms with Gasteiger partial charge in [0.15, 0.2) is 0 Å². The van der Waals surface area contributed by atoms with Crippen LogP contribution in [0.1, 0.15) is 17.0 Å². The Hall–Kier alpha value is -1.16. The Labute approximate surface area is 112 Å². The van der Waals surface area contributed by atoms with Gasteiger partial charge in [-0.1, -0.05) is 24.3 Å². The topological polar surface area (TPSA) is 77.8 Å². The zero-order chi connectivity index (χ0) is 14.2. The van der Waals surface area contributed by atoms with Crippen LogP contribution in [0.5, 0.6) is 0 Å². The number of rotatable bonds is 4. The molecule has 0 heterocycles. The van der Waals surface area contributed by atoms with Crippen LogP contribution in [-0.2, 0) is 15.8 Å². The van der Waals surface area contributed by atoms with E-state index in [0.29, 0.717) is 12.0 Å². The molecule has 0 aliphatic heterocycles. The Morgan fingerprint density at radius 2 is 2.05 bits per heavy atom. The van der Waals surface area contributed by atoms with Crippen LogP contribution in [0.2, 0.25) is 0 Å². The molecule has 0 spiro atoms. The lowest BCUT2D eigenvalue weighted by atomic mass is 10.0. The van der Waals surface area contributed by atoms with Gasteiger partial charge >= 0.3 is 5.97 Å². The van der Waals surface area contributed by atoms with Crippen LogP contribution < -0.4 is 0 Å². The molecule has 2 rings (SSSR count). The average molecular weight is 283 g/mol. The summed E-state index contributed by atoms with van der Waals surface area (Å²) in [5.41, 5.74) is 0.811. The molecule has 2 N–H and O–H groups in total. The fourth-order valence-electron chi connectivity index (χ4n) is 2.76. The zero-order valence-electron chi connectivity index (χ0n) is 11.0. The molecule has 6 heteroatoms. The first-order valence-corrected chi connectivity index (χ1v) is 8.01. The Bertz CT molecular complexity index is 543. The SMILES string of the molecule is CN(C)CP(=O)(O)[C@@H]1Cc2ccccc2[C@H]1C(=O)O. The summed E-state index contributed by atoms with van der Waals surface area (Å²) in [6, 6.07) is 7.17. The zero-order valence-corrected chi connectivity index (χ0v) is 11.9. The summed E-state index contributed by atoms with van der Waals surface area (Å²) in [6.07, 6.45) is 0.365. The van der Waals surface area contributed by atoms with E-state index in [1.54, 1.807) is 31.1 Å². The number of nitrogens with zero attached hydrogens (tertiary/aromatic N) is 1. The van der Waals surface area contributed by atoms with Gasteiger partial charge in [-0.05, 0) is 31.6 Å². The third-order valence-corrected chi connectivity index (χ3v) is 5.96. The smallest absolute Gasteiger partial charge is 0.311 e. The van der Waals surface area contributed by atoms with E-state index in [1.807, 2.05) is 12.1 Å². The van der Waals surface area contributed by atoms with Crippen molar-refractivity contribution >= 4 is 13.3 Å². The van der Waals surface area contributed by atoms with Gasteiger partial charge in [0, 0.05) is 0 Å². The second-order valence-corrected chi connectivity index (χ2v) is 7.72. The van der Waals surface area contributed by atoms with E-state index in [0.717, 1.165) is 5.56 Å². The molecule has 1 aromatic rings. The highest BCUT2D eigenvalue weighted by Crippen LogP contribution is 2.56. The number of hydrogen-bond donors (Lipinski definition) is 2. The summed E-state index contributed by atoms with van der Waals surface area (Å²) in [6.45, 7) is 0. The number of hydrogen-bond acceptors (Lipinski definition) is 3. The average Bonchev–Trinajstić information content (AvgIpc) is 2.67. The molecule has 1 aliphatic rings. The van der Waals surface area contributed by atoms with Crippen LogP contribution in [0, 0.1) is 0 Å². The fourth-order valence-corrected chi connectivity index (χ4v) is 5.01. The lowest BCUT2D eigenvalue weighted by Gasteiger charge is -2.25. The Morgan fingerprint density at radius 1 is 1.42 bits per heavy atom. The van der Waals surface area contributed by atoms with Crippen LogP contribution in [-0.4, -0.2) is 46.9 Å². The van der Waals surface area contributed by atoms with Gasteiger partial charge in [-0.25, -0.2) is 0 Å². The van der Waals surface area contributed by atoms with Crippen LogP contribution in [0.25, 0.3) is 0 Å². The number of benzene rings is 1. The van der Waals surface area contributed by atoms with E-state index in [4.69, 9.17) is 0 Å². The van der Waals surface area contributed by atoms with Gasteiger partial charge < -0.3 is 14.9 Å². The largest absolute Gasteiger partial charge is 0.481 e. The minimum Gasteiger partial charge on any atom is -0.481 e. The first kappa shape index (κ1) is 14.3. The van der Waals surface area contributed by atoms with Crippen LogP contribution in [0.4, 0.5) is 0 Å². The molecule has 19 heavy (non-hydrogen) atoms. The van der Waals surface area contributed by atoms with E-state index in [1.165, 1.54) is 0 Å². The van der Waals surface area contributed by atoms with E-state index >= 15 is 0 Å². The van der Waals surface area contributed by atoms with Crippen molar-refractivity contribution in [3.63, 3.8) is 0 Å². The fraction of sp³-hybridized carbons (Fsp3) is 0.462. The summed E-state index contributed by atoms with van der Waals surface area (Å²) >= 11 is 0. The first-order chi connectivity index (χ1) is 8.83. The lowest BCUT2D eigenvalue weighted by molar-refractivity contribution is -0.138. The third kappa shape index (κ3) is 2.73. The van der Waals surface area contributed by atoms with Gasteiger partial charge in [0.05, 0.1) is 17.9 Å². The number of fused-ring (bicyclic) bond motifs is 1. The maximum atomic E-state index is 12.5. The van der Waals surface area contributed by atoms with Crippen molar-refractivity contribution in [2.75, 3.05) is 20.4 Å². The van der Waals surface area contributed by atoms with Crippen molar-refractivity contribution in [3.8, 4) is 0 Å². The molecule has 0 amide bonds. The highest BCUT2D eigenvalue weighted by atomic mass is 31.2. The first-order valence-electron chi connectivity index (χ1n) is 6.10. The van der Waals surface area contributed by atoms with Gasteiger partial charge in [0.2, 0.25) is 7.37 Å². The number of carboxylic acid groups (broad SMARTS) is 1. The van der Waals surface area contributed by atoms with Crippen LogP contribution in [0.3, 0.4) is 0 Å². The van der Waals surface area contributed by atoms with Crippen molar-refractivity contribution in [2.45, 2.75) is 18.0 Å². The monoisotopic (exact) mass is 283 g/mol. The van der Waals surface area contributed by atoms with E-state index in [9.17, 15) is 19.4 Å². The van der Waals surface area contributed by atoms with E-state index < -0.39 is 24.9 Å². The van der Waals surface area contributed by atoms with E-state index in [2.05, 4.69) is 0 Å². The summed E-state index contributed by atoms with van der Waals surface area (Å²) < 4.78 is 12.5. The third-order valence-electron chi connectivity index (χ3n) is 3.47. The molecule has 5 nitrogen and oxygen atoms in total. The highest BCUT2D eigenvalue weighted by Gasteiger charge is 2.47. The second-order valence-electron chi connectivity index (χ2n) is 5.26. The van der Waals surface area contributed by atoms with Crippen LogP contribution in [0.15, 0.2) is 24.3 Å². The summed E-state index contributed by atoms with van der Waals surface area (Å²) in [5, 5.41) is 9.38. The standard InChI is InChI=1S/C13H18NO4P/c1-14(2)8-19(17,18)11-7-9-5-3-4-6-10(9)12(11)13(15)16/h3-6,11-12H,7-8H2,1-2H3,(H,15,16)(H,17,18)/t11-,12-/m1/s1. The molecule has 0 fully saturated rings. The molecule has 104 valence electrons. The predicted octanol–water partition coefficient (Wildman–Crippen LogP) is 1.57. The number of carboxylic acids is 1. The normalized spacial score (nSPS) is 25.1. The maximum Gasteiger partial charge on any atom is 0.311 e. The molecular formula is C13H18NO4P. The van der Waals surface area contributed by atoms with Gasteiger partial charge in [-0.2, -0.15) is 0 Å². The Balaban J connectivity index is 2.39. The molecule has 3 atom stereocenters. The van der Waals surface area contributed by atoms with E-state index in [-0.39, 0.29) is 6.29 Å². The lowest BCUT2D eigenvalue weighted by Crippen LogP contribution is -2.27. The minimum atomic E-state index is -3.54. The Kier molecular flexibility index (Phi) is 3.81. The molecule has 1 aromatic carbocycles. The van der Waals surface area contributed by atoms with Gasteiger partial charge in [0.1, 0.15) is 0 Å². The van der Waals surface area contributed by atoms with Crippen molar-refractivity contribution in [1.29, 1.82) is 0 Å². The molecule has 0 saturated heterocycles. The number of carbonyl (C=O) groups is 1. The van der Waals surface area contributed by atoms with Crippen molar-refractivity contribution in [2.24, 2.45) is 0 Å². The molecule has 1 aliphatic carbocycles. The summed E-state index contributed by atoms with van der Waals surface area (Å²) in [7, 11) is -0.126. The van der Waals surface area contributed by atoms with Gasteiger partial charge in [-0.3, -0.25) is 9.36 Å². The molecule has 0 bridgehead atoms. The maximum absolute atomic E-state index is 12.5. The highest BCUT2D eigenvalue weighted by molar-refractivity contribution is 7.58. The molecule has 0 saturated carbocycles. The summed E-state index contributed by atoms with van der Waals surface area (Å²) in [4.78, 5) is 23.3. The second kappa shape index (κ2) is 5.08. The molecule has 1 unspecified atom stereocenters. The minimum absolute atomic E-state index is 0.00936. The number of aliphatic carboxylic acids is 1. The quantitative estimate of drug-likeness (QED) is 0.820. The predicted molar refractivity (Wildman–Crippen MR) is 72.7 cm³/mol. The molecular weight excluding hydrogens is 265 g/mol. The van der Waals surface area contributed by atoms with Gasteiger partial charge in [0.25, 0.3) is 0 Å². The van der Waals surface area contributed by atoms with Crippen molar-refractivity contribution in [1.82, 2.24) is 4.90 Å². The van der Waals surface area contributed by atoms with Crippen LogP contribution >= 0.6 is 7.37 Å². The summed E-state index contributed by atoms with van der Waals surface area (Å²) in [5.74, 6) is -1.91.